The van der Waals surface area contributed by atoms with Crippen LogP contribution in [0, 0.1) is 0 Å². The molecule has 26 heavy (non-hydrogen) atoms. The summed E-state index contributed by atoms with van der Waals surface area (Å²) < 4.78 is 5.77. The highest BCUT2D eigenvalue weighted by molar-refractivity contribution is 14.0. The molecule has 1 atom stereocenters. The van der Waals surface area contributed by atoms with Crippen molar-refractivity contribution in [3.8, 4) is 0 Å². The molecule has 6 nitrogen and oxygen atoms in total. The molecule has 2 aliphatic rings. The van der Waals surface area contributed by atoms with Crippen LogP contribution in [0.15, 0.2) is 29.3 Å². The number of rotatable bonds is 4. The summed E-state index contributed by atoms with van der Waals surface area (Å²) in [7, 11) is 1.72. The van der Waals surface area contributed by atoms with E-state index < -0.39 is 0 Å². The van der Waals surface area contributed by atoms with Crippen LogP contribution in [0.1, 0.15) is 31.7 Å². The van der Waals surface area contributed by atoms with Crippen LogP contribution in [-0.2, 0) is 16.0 Å². The van der Waals surface area contributed by atoms with E-state index in [1.807, 2.05) is 23.1 Å². The fraction of sp³-hybridized carbons (Fsp3) is 0.579. The number of amides is 1. The quantitative estimate of drug-likeness (QED) is 0.401. The van der Waals surface area contributed by atoms with Gasteiger partial charge in [0, 0.05) is 32.4 Å². The molecule has 2 heterocycles. The third-order valence-electron chi connectivity index (χ3n) is 4.97. The van der Waals surface area contributed by atoms with Crippen LogP contribution in [0.4, 0.5) is 5.69 Å². The number of hydrogen-bond donors (Lipinski definition) is 2. The van der Waals surface area contributed by atoms with Crippen LogP contribution >= 0.6 is 24.0 Å². The van der Waals surface area contributed by atoms with Crippen molar-refractivity contribution in [3.63, 3.8) is 0 Å². The monoisotopic (exact) mass is 472 g/mol. The van der Waals surface area contributed by atoms with Crippen LogP contribution in [0.25, 0.3) is 0 Å². The van der Waals surface area contributed by atoms with Crippen molar-refractivity contribution in [3.05, 3.63) is 29.8 Å². The van der Waals surface area contributed by atoms with Crippen LogP contribution < -0.4 is 15.5 Å². The number of guanidine groups is 1. The van der Waals surface area contributed by atoms with Gasteiger partial charge in [-0.1, -0.05) is 18.2 Å². The molecular formula is C19H29IN4O2. The third kappa shape index (κ3) is 5.09. The van der Waals surface area contributed by atoms with E-state index in [1.54, 1.807) is 7.05 Å². The van der Waals surface area contributed by atoms with Crippen molar-refractivity contribution in [2.24, 2.45) is 4.99 Å². The fourth-order valence-corrected chi connectivity index (χ4v) is 3.52. The normalized spacial score (nSPS) is 22.4. The zero-order valence-electron chi connectivity index (χ0n) is 15.6. The molecule has 1 aromatic rings. The fourth-order valence-electron chi connectivity index (χ4n) is 3.52. The molecular weight excluding hydrogens is 443 g/mol. The maximum atomic E-state index is 12.7. The van der Waals surface area contributed by atoms with Crippen molar-refractivity contribution < 1.29 is 9.53 Å². The molecule has 1 unspecified atom stereocenters. The van der Waals surface area contributed by atoms with Gasteiger partial charge in [0.2, 0.25) is 5.91 Å². The molecule has 0 aliphatic carbocycles. The minimum Gasteiger partial charge on any atom is -0.373 e. The summed E-state index contributed by atoms with van der Waals surface area (Å²) in [5.41, 5.74) is 2.14. The van der Waals surface area contributed by atoms with Gasteiger partial charge >= 0.3 is 0 Å². The number of ether oxygens (including phenoxy) is 1. The van der Waals surface area contributed by atoms with Crippen molar-refractivity contribution in [1.29, 1.82) is 0 Å². The molecule has 144 valence electrons. The summed E-state index contributed by atoms with van der Waals surface area (Å²) in [6.07, 6.45) is 4.18. The van der Waals surface area contributed by atoms with Crippen molar-refractivity contribution >= 4 is 41.5 Å². The number of fused-ring (bicyclic) bond motifs is 1. The maximum absolute atomic E-state index is 12.7. The largest absolute Gasteiger partial charge is 0.373 e. The molecule has 1 saturated heterocycles. The van der Waals surface area contributed by atoms with E-state index in [4.69, 9.17) is 4.74 Å². The number of hydrogen-bond acceptors (Lipinski definition) is 3. The zero-order chi connectivity index (χ0) is 17.7. The molecule has 1 amide bonds. The smallest absolute Gasteiger partial charge is 0.246 e. The van der Waals surface area contributed by atoms with E-state index in [-0.39, 0.29) is 42.0 Å². The van der Waals surface area contributed by atoms with Gasteiger partial charge in [-0.05, 0) is 44.2 Å². The summed E-state index contributed by atoms with van der Waals surface area (Å²) in [5, 5.41) is 6.40. The number of nitrogens with one attached hydrogen (secondary N) is 2. The molecule has 2 N–H and O–H groups in total. The Balaban J connectivity index is 0.00000243. The molecule has 0 spiro atoms. The highest BCUT2D eigenvalue weighted by atomic mass is 127. The molecule has 1 aromatic carbocycles. The van der Waals surface area contributed by atoms with Crippen molar-refractivity contribution in [2.75, 3.05) is 38.2 Å². The van der Waals surface area contributed by atoms with E-state index >= 15 is 0 Å². The van der Waals surface area contributed by atoms with E-state index in [0.29, 0.717) is 12.5 Å². The van der Waals surface area contributed by atoms with Crippen molar-refractivity contribution in [2.45, 2.75) is 38.2 Å². The van der Waals surface area contributed by atoms with Gasteiger partial charge in [0.25, 0.3) is 0 Å². The second kappa shape index (κ2) is 9.55. The molecule has 7 heteroatoms. The van der Waals surface area contributed by atoms with Crippen LogP contribution in [0.5, 0.6) is 0 Å². The lowest BCUT2D eigenvalue weighted by molar-refractivity contribution is -0.117. The number of aryl methyl sites for hydroxylation is 1. The van der Waals surface area contributed by atoms with E-state index in [9.17, 15) is 4.79 Å². The first-order chi connectivity index (χ1) is 12.1. The van der Waals surface area contributed by atoms with Gasteiger partial charge in [-0.15, -0.1) is 24.0 Å². The first-order valence-corrected chi connectivity index (χ1v) is 9.08. The Hall–Kier alpha value is -1.35. The van der Waals surface area contributed by atoms with Crippen LogP contribution in [-0.4, -0.2) is 50.8 Å². The number of para-hydroxylation sites is 1. The predicted molar refractivity (Wildman–Crippen MR) is 115 cm³/mol. The van der Waals surface area contributed by atoms with Gasteiger partial charge in [0.1, 0.15) is 0 Å². The Labute approximate surface area is 172 Å². The summed E-state index contributed by atoms with van der Waals surface area (Å²) in [6.45, 7) is 4.61. The Morgan fingerprint density at radius 2 is 2.12 bits per heavy atom. The molecule has 0 bridgehead atoms. The second-order valence-electron chi connectivity index (χ2n) is 6.96. The van der Waals surface area contributed by atoms with Gasteiger partial charge in [0.05, 0.1) is 12.1 Å². The second-order valence-corrected chi connectivity index (χ2v) is 6.96. The first-order valence-electron chi connectivity index (χ1n) is 9.08. The minimum absolute atomic E-state index is 0. The first kappa shape index (κ1) is 21.0. The Bertz CT molecular complexity index is 644. The summed E-state index contributed by atoms with van der Waals surface area (Å²) >= 11 is 0. The molecule has 1 fully saturated rings. The van der Waals surface area contributed by atoms with Crippen molar-refractivity contribution in [1.82, 2.24) is 10.6 Å². The van der Waals surface area contributed by atoms with E-state index in [0.717, 1.165) is 44.5 Å². The Morgan fingerprint density at radius 1 is 1.31 bits per heavy atom. The van der Waals surface area contributed by atoms with E-state index in [2.05, 4.69) is 28.6 Å². The highest BCUT2D eigenvalue weighted by Gasteiger charge is 2.30. The van der Waals surface area contributed by atoms with Gasteiger partial charge < -0.3 is 20.3 Å². The lowest BCUT2D eigenvalue weighted by atomic mass is 10.0. The number of carbonyl (C=O) groups is 1. The van der Waals surface area contributed by atoms with Gasteiger partial charge in [0.15, 0.2) is 5.96 Å². The molecule has 3 rings (SSSR count). The summed E-state index contributed by atoms with van der Waals surface area (Å²) in [5.74, 6) is 0.703. The lowest BCUT2D eigenvalue weighted by Crippen LogP contribution is -2.49. The minimum atomic E-state index is -0.145. The number of nitrogens with zero attached hydrogens (tertiary/aromatic N) is 2. The average Bonchev–Trinajstić information content (AvgIpc) is 3.08. The average molecular weight is 472 g/mol. The van der Waals surface area contributed by atoms with Crippen LogP contribution in [0.3, 0.4) is 0 Å². The number of aliphatic imine (C=N–C) groups is 1. The molecule has 0 radical (unpaired) electrons. The molecule has 2 aliphatic heterocycles. The molecule has 0 aromatic heterocycles. The number of anilines is 1. The van der Waals surface area contributed by atoms with E-state index in [1.165, 1.54) is 5.56 Å². The number of benzene rings is 1. The van der Waals surface area contributed by atoms with Gasteiger partial charge in [-0.25, -0.2) is 0 Å². The highest BCUT2D eigenvalue weighted by Crippen LogP contribution is 2.26. The molecule has 0 saturated carbocycles. The van der Waals surface area contributed by atoms with Gasteiger partial charge in [-0.2, -0.15) is 0 Å². The Kier molecular flexibility index (Phi) is 7.69. The maximum Gasteiger partial charge on any atom is 0.246 e. The van der Waals surface area contributed by atoms with Gasteiger partial charge in [-0.3, -0.25) is 9.79 Å². The SMILES string of the molecule is CN=C(NCC(=O)N1CCCc2ccccc21)NCC1(C)CCCO1.I. The summed E-state index contributed by atoms with van der Waals surface area (Å²) in [4.78, 5) is 18.7. The van der Waals surface area contributed by atoms with Crippen LogP contribution in [0.2, 0.25) is 0 Å². The topological polar surface area (TPSA) is 66.0 Å². The standard InChI is InChI=1S/C19H28N4O2.HI/c1-19(10-6-12-25-19)14-22-18(20-2)21-13-17(24)23-11-5-8-15-7-3-4-9-16(15)23;/h3-4,7,9H,5-6,8,10-14H2,1-2H3,(H2,20,21,22);1H. The Morgan fingerprint density at radius 3 is 2.85 bits per heavy atom. The number of halogens is 1. The summed E-state index contributed by atoms with van der Waals surface area (Å²) in [6, 6.07) is 8.14. The number of carbonyl (C=O) groups excluding carboxylic acids is 1. The third-order valence-corrected chi connectivity index (χ3v) is 4.97. The zero-order valence-corrected chi connectivity index (χ0v) is 17.9. The predicted octanol–water partition coefficient (Wildman–Crippen LogP) is 2.32. The lowest BCUT2D eigenvalue weighted by Gasteiger charge is -2.30.